The van der Waals surface area contributed by atoms with E-state index >= 15 is 0 Å². The molecule has 4 heteroatoms. The van der Waals surface area contributed by atoms with Crippen molar-refractivity contribution >= 4 is 22.9 Å². The number of hydrogen-bond acceptors (Lipinski definition) is 3. The standard InChI is InChI=1S/C10H12N2OS/c1-7-4-3-5-8(6-7)9(11)13-10(12)14-2/h3-6,11-12H,1-2H3/p+1. The Morgan fingerprint density at radius 2 is 2.21 bits per heavy atom. The van der Waals surface area contributed by atoms with Gasteiger partial charge in [-0.3, -0.25) is 5.41 Å². The molecule has 14 heavy (non-hydrogen) atoms. The molecule has 0 amide bonds. The van der Waals surface area contributed by atoms with Gasteiger partial charge in [0.25, 0.3) is 5.23 Å². The zero-order valence-electron chi connectivity index (χ0n) is 8.20. The van der Waals surface area contributed by atoms with Crippen LogP contribution in [0.3, 0.4) is 0 Å². The fraction of sp³-hybridized carbons (Fsp3) is 0.200. The Kier molecular flexibility index (Phi) is 3.71. The number of aryl methyl sites for hydroxylation is 1. The van der Waals surface area contributed by atoms with Crippen molar-refractivity contribution in [1.29, 1.82) is 5.41 Å². The number of thioether (sulfide) groups is 1. The number of rotatable bonds is 1. The summed E-state index contributed by atoms with van der Waals surface area (Å²) < 4.78 is 5.08. The molecule has 1 aromatic carbocycles. The Hall–Kier alpha value is -1.29. The van der Waals surface area contributed by atoms with E-state index in [9.17, 15) is 0 Å². The van der Waals surface area contributed by atoms with Crippen LogP contribution in [0.4, 0.5) is 0 Å². The second-order valence-electron chi connectivity index (χ2n) is 2.83. The molecule has 0 aliphatic heterocycles. The summed E-state index contributed by atoms with van der Waals surface area (Å²) >= 11 is 1.21. The van der Waals surface area contributed by atoms with Crippen LogP contribution in [0.5, 0.6) is 0 Å². The van der Waals surface area contributed by atoms with Gasteiger partial charge < -0.3 is 4.74 Å². The minimum Gasteiger partial charge on any atom is -0.380 e. The van der Waals surface area contributed by atoms with Crippen molar-refractivity contribution in [3.8, 4) is 0 Å². The van der Waals surface area contributed by atoms with Gasteiger partial charge in [-0.05, 0) is 25.3 Å². The monoisotopic (exact) mass is 209 g/mol. The molecule has 0 aliphatic rings. The van der Waals surface area contributed by atoms with Crippen LogP contribution >= 0.6 is 11.8 Å². The second kappa shape index (κ2) is 4.81. The van der Waals surface area contributed by atoms with E-state index in [0.29, 0.717) is 0 Å². The second-order valence-corrected chi connectivity index (χ2v) is 3.61. The molecule has 74 valence electrons. The Morgan fingerprint density at radius 3 is 2.79 bits per heavy atom. The number of ether oxygens (including phenoxy) is 1. The lowest BCUT2D eigenvalue weighted by molar-refractivity contribution is -0.130. The van der Waals surface area contributed by atoms with Crippen molar-refractivity contribution < 1.29 is 10.1 Å². The van der Waals surface area contributed by atoms with E-state index in [1.807, 2.05) is 31.2 Å². The molecular formula is C10H13N2OS+. The highest BCUT2D eigenvalue weighted by Gasteiger charge is 2.10. The van der Waals surface area contributed by atoms with Crippen LogP contribution < -0.4 is 5.41 Å². The molecule has 0 bridgehead atoms. The van der Waals surface area contributed by atoms with Crippen LogP contribution in [-0.2, 0) is 4.74 Å². The number of nitrogens with two attached hydrogens (primary N) is 1. The molecule has 0 unspecified atom stereocenters. The maximum absolute atomic E-state index is 7.31. The van der Waals surface area contributed by atoms with Crippen molar-refractivity contribution in [3.63, 3.8) is 0 Å². The van der Waals surface area contributed by atoms with Crippen LogP contribution in [0.2, 0.25) is 0 Å². The van der Waals surface area contributed by atoms with Gasteiger partial charge in [-0.1, -0.05) is 29.5 Å². The maximum atomic E-state index is 7.31. The van der Waals surface area contributed by atoms with Gasteiger partial charge in [-0.15, -0.1) is 0 Å². The quantitative estimate of drug-likeness (QED) is 0.531. The molecule has 0 atom stereocenters. The summed E-state index contributed by atoms with van der Waals surface area (Å²) in [6, 6.07) is 7.67. The first-order valence-electron chi connectivity index (χ1n) is 4.13. The van der Waals surface area contributed by atoms with E-state index in [-0.39, 0.29) is 11.1 Å². The molecule has 0 fully saturated rings. The highest BCUT2D eigenvalue weighted by atomic mass is 32.2. The highest BCUT2D eigenvalue weighted by molar-refractivity contribution is 8.12. The van der Waals surface area contributed by atoms with Crippen molar-refractivity contribution in [2.45, 2.75) is 6.92 Å². The lowest BCUT2D eigenvalue weighted by Crippen LogP contribution is -2.42. The van der Waals surface area contributed by atoms with Gasteiger partial charge in [-0.2, -0.15) is 0 Å². The van der Waals surface area contributed by atoms with E-state index in [2.05, 4.69) is 0 Å². The molecular weight excluding hydrogens is 196 g/mol. The summed E-state index contributed by atoms with van der Waals surface area (Å²) in [4.78, 5) is 0. The third-order valence-corrected chi connectivity index (χ3v) is 2.14. The molecule has 0 heterocycles. The zero-order chi connectivity index (χ0) is 10.6. The number of benzene rings is 1. The Balaban J connectivity index is 2.75. The topological polar surface area (TPSA) is 58.7 Å². The first-order valence-corrected chi connectivity index (χ1v) is 5.36. The van der Waals surface area contributed by atoms with E-state index in [1.165, 1.54) is 11.8 Å². The molecule has 3 N–H and O–H groups in total. The lowest BCUT2D eigenvalue weighted by atomic mass is 10.1. The smallest absolute Gasteiger partial charge is 0.373 e. The van der Waals surface area contributed by atoms with Crippen molar-refractivity contribution in [2.24, 2.45) is 0 Å². The highest BCUT2D eigenvalue weighted by Crippen LogP contribution is 2.06. The largest absolute Gasteiger partial charge is 0.380 e. The molecule has 1 rings (SSSR count). The lowest BCUT2D eigenvalue weighted by Gasteiger charge is -2.01. The third kappa shape index (κ3) is 2.88. The van der Waals surface area contributed by atoms with Gasteiger partial charge >= 0.3 is 5.90 Å². The maximum Gasteiger partial charge on any atom is 0.373 e. The molecule has 1 aromatic rings. The number of hydrogen-bond donors (Lipinski definition) is 2. The summed E-state index contributed by atoms with van der Waals surface area (Å²) in [5, 5.41) is 13.1. The molecule has 3 nitrogen and oxygen atoms in total. The van der Waals surface area contributed by atoms with E-state index in [0.717, 1.165) is 11.1 Å². The number of nitrogens with one attached hydrogen (secondary N) is 1. The summed E-state index contributed by atoms with van der Waals surface area (Å²) in [5.74, 6) is 0.271. The summed E-state index contributed by atoms with van der Waals surface area (Å²) in [5.41, 5.74) is 1.92. The fourth-order valence-electron chi connectivity index (χ4n) is 0.999. The zero-order valence-corrected chi connectivity index (χ0v) is 9.02. The van der Waals surface area contributed by atoms with Crippen molar-refractivity contribution in [3.05, 3.63) is 35.4 Å². The predicted octanol–water partition coefficient (Wildman–Crippen LogP) is 0.815. The first kappa shape index (κ1) is 10.8. The minimum atomic E-state index is 0.101. The van der Waals surface area contributed by atoms with E-state index in [1.54, 1.807) is 6.26 Å². The predicted molar refractivity (Wildman–Crippen MR) is 59.5 cm³/mol. The van der Waals surface area contributed by atoms with Crippen LogP contribution in [0.15, 0.2) is 24.3 Å². The summed E-state index contributed by atoms with van der Waals surface area (Å²) in [7, 11) is 0. The third-order valence-electron chi connectivity index (χ3n) is 1.69. The van der Waals surface area contributed by atoms with Gasteiger partial charge in [0, 0.05) is 0 Å². The Bertz CT molecular complexity index is 363. The van der Waals surface area contributed by atoms with E-state index < -0.39 is 0 Å². The fourth-order valence-corrected chi connectivity index (χ4v) is 1.17. The van der Waals surface area contributed by atoms with Crippen LogP contribution in [0.25, 0.3) is 0 Å². The Morgan fingerprint density at radius 1 is 1.50 bits per heavy atom. The van der Waals surface area contributed by atoms with Crippen molar-refractivity contribution in [2.75, 3.05) is 6.26 Å². The molecule has 0 spiro atoms. The van der Waals surface area contributed by atoms with Crippen LogP contribution in [0.1, 0.15) is 11.1 Å². The van der Waals surface area contributed by atoms with Gasteiger partial charge in [0.1, 0.15) is 0 Å². The molecule has 0 saturated carbocycles. The van der Waals surface area contributed by atoms with Crippen molar-refractivity contribution in [1.82, 2.24) is 0 Å². The van der Waals surface area contributed by atoms with Crippen LogP contribution in [0, 0.1) is 12.3 Å². The van der Waals surface area contributed by atoms with Crippen LogP contribution in [-0.4, -0.2) is 17.4 Å². The first-order chi connectivity index (χ1) is 6.63. The van der Waals surface area contributed by atoms with Gasteiger partial charge in [0.15, 0.2) is 0 Å². The molecule has 0 saturated heterocycles. The van der Waals surface area contributed by atoms with Gasteiger partial charge in [0.2, 0.25) is 0 Å². The van der Waals surface area contributed by atoms with Gasteiger partial charge in [0.05, 0.1) is 5.56 Å². The molecule has 0 aromatic heterocycles. The minimum absolute atomic E-state index is 0.101. The molecule has 0 aliphatic carbocycles. The molecule has 0 radical (unpaired) electrons. The average molecular weight is 209 g/mol. The normalized spacial score (nSPS) is 9.57. The van der Waals surface area contributed by atoms with Gasteiger partial charge in [-0.25, -0.2) is 5.41 Å². The Labute approximate surface area is 87.5 Å². The van der Waals surface area contributed by atoms with E-state index in [4.69, 9.17) is 15.6 Å². The SMILES string of the molecule is CSC(=N)OC(=[NH2+])c1cccc(C)c1. The average Bonchev–Trinajstić information content (AvgIpc) is 2.17. The summed E-state index contributed by atoms with van der Waals surface area (Å²) in [6.07, 6.45) is 1.77. The summed E-state index contributed by atoms with van der Waals surface area (Å²) in [6.45, 7) is 1.98.